The molecule has 0 saturated heterocycles. The Morgan fingerprint density at radius 3 is 2.11 bits per heavy atom. The smallest absolute Gasteiger partial charge is 0.471 e. The van der Waals surface area contributed by atoms with Crippen LogP contribution in [-0.4, -0.2) is 58.6 Å². The number of halogens is 3. The third-order valence-corrected chi connectivity index (χ3v) is 2.85. The molecule has 0 aliphatic carbocycles. The van der Waals surface area contributed by atoms with E-state index in [2.05, 4.69) is 11.0 Å². The number of likely N-dealkylation sites (N-methyl/N-ethyl adjacent to an activating group) is 1. The van der Waals surface area contributed by atoms with E-state index in [4.69, 9.17) is 4.74 Å². The van der Waals surface area contributed by atoms with Gasteiger partial charge in [0.25, 0.3) is 0 Å². The zero-order chi connectivity index (χ0) is 15.5. The van der Waals surface area contributed by atoms with Crippen LogP contribution in [0.2, 0.25) is 0 Å². The van der Waals surface area contributed by atoms with Crippen LogP contribution >= 0.6 is 0 Å². The quantitative estimate of drug-likeness (QED) is 0.440. The largest absolute Gasteiger partial charge is 0.518 e. The first kappa shape index (κ1) is 17.9. The predicted molar refractivity (Wildman–Crippen MR) is 66.1 cm³/mol. The van der Waals surface area contributed by atoms with Gasteiger partial charge in [-0.3, -0.25) is 0 Å². The van der Waals surface area contributed by atoms with Gasteiger partial charge in [-0.2, -0.15) is 21.6 Å². The lowest BCUT2D eigenvalue weighted by Gasteiger charge is -2.23. The first-order valence-electron chi connectivity index (χ1n) is 5.26. The fraction of sp³-hybridized carbons (Fsp3) is 0.700. The number of nitrogens with zero attached hydrogens (tertiary/aromatic N) is 2. The minimum atomic E-state index is -5.61. The van der Waals surface area contributed by atoms with Crippen molar-refractivity contribution in [1.82, 2.24) is 0 Å². The van der Waals surface area contributed by atoms with Crippen LogP contribution in [0.4, 0.5) is 13.2 Å². The highest BCUT2D eigenvalue weighted by atomic mass is 32.2. The Morgan fingerprint density at radius 1 is 1.32 bits per heavy atom. The maximum Gasteiger partial charge on any atom is 0.518 e. The fourth-order valence-electron chi connectivity index (χ4n) is 0.805. The molecule has 0 radical (unpaired) electrons. The van der Waals surface area contributed by atoms with Gasteiger partial charge in [-0.25, -0.2) is 0 Å². The van der Waals surface area contributed by atoms with Gasteiger partial charge >= 0.3 is 15.5 Å². The van der Waals surface area contributed by atoms with Crippen LogP contribution in [0.3, 0.4) is 0 Å². The van der Waals surface area contributed by atoms with E-state index in [1.165, 1.54) is 6.92 Å². The lowest BCUT2D eigenvalue weighted by atomic mass is 10.3. The molecule has 0 bridgehead atoms. The second-order valence-corrected chi connectivity index (χ2v) is 6.56. The number of rotatable bonds is 5. The molecule has 0 fully saturated rings. The number of sulfonamides is 1. The molecule has 9 heteroatoms. The normalized spacial score (nSPS) is 14.4. The van der Waals surface area contributed by atoms with Crippen molar-refractivity contribution in [3.8, 4) is 0 Å². The van der Waals surface area contributed by atoms with Crippen molar-refractivity contribution in [2.45, 2.75) is 12.4 Å². The second kappa shape index (κ2) is 5.91. The first-order valence-corrected chi connectivity index (χ1v) is 6.70. The highest BCUT2D eigenvalue weighted by Gasteiger charge is 2.46. The van der Waals surface area contributed by atoms with Crippen molar-refractivity contribution < 1.29 is 30.8 Å². The maximum atomic E-state index is 12.2. The maximum absolute atomic E-state index is 12.2. The first-order chi connectivity index (χ1) is 8.26. The van der Waals surface area contributed by atoms with Crippen molar-refractivity contribution in [1.29, 1.82) is 0 Å². The zero-order valence-corrected chi connectivity index (χ0v) is 12.1. The Kier molecular flexibility index (Phi) is 5.57. The van der Waals surface area contributed by atoms with E-state index in [0.717, 1.165) is 0 Å². The van der Waals surface area contributed by atoms with Gasteiger partial charge in [-0.15, -0.1) is 4.40 Å². The summed E-state index contributed by atoms with van der Waals surface area (Å²) in [6, 6.07) is 0. The highest BCUT2D eigenvalue weighted by Crippen LogP contribution is 2.25. The molecule has 0 amide bonds. The van der Waals surface area contributed by atoms with Crippen LogP contribution in [0.25, 0.3) is 0 Å². The highest BCUT2D eigenvalue weighted by molar-refractivity contribution is 7.91. The minimum absolute atomic E-state index is 0.00855. The SMILES string of the molecule is C=C(C)C(=NS(=O)(=O)C(F)(F)F)OCC[N+](C)(C)C. The van der Waals surface area contributed by atoms with Crippen LogP contribution < -0.4 is 0 Å². The summed E-state index contributed by atoms with van der Waals surface area (Å²) in [6.07, 6.45) is 0. The summed E-state index contributed by atoms with van der Waals surface area (Å²) in [4.78, 5) is 0. The molecule has 5 nitrogen and oxygen atoms in total. The van der Waals surface area contributed by atoms with E-state index >= 15 is 0 Å². The van der Waals surface area contributed by atoms with Crippen molar-refractivity contribution in [3.05, 3.63) is 12.2 Å². The topological polar surface area (TPSA) is 55.7 Å². The van der Waals surface area contributed by atoms with Crippen LogP contribution in [0.5, 0.6) is 0 Å². The molecule has 0 aromatic rings. The van der Waals surface area contributed by atoms with Gasteiger partial charge in [0.05, 0.1) is 21.1 Å². The molecule has 0 atom stereocenters. The summed E-state index contributed by atoms with van der Waals surface area (Å²) in [6.45, 7) is 5.16. The molecule has 0 aliphatic rings. The lowest BCUT2D eigenvalue weighted by Crippen LogP contribution is -2.38. The van der Waals surface area contributed by atoms with Gasteiger partial charge in [-0.05, 0) is 6.92 Å². The molecule has 112 valence electrons. The average Bonchev–Trinajstić information content (AvgIpc) is 2.11. The molecule has 0 N–H and O–H groups in total. The van der Waals surface area contributed by atoms with Crippen molar-refractivity contribution >= 4 is 15.9 Å². The molecule has 0 aliphatic heterocycles. The number of alkyl halides is 3. The van der Waals surface area contributed by atoms with Crippen LogP contribution in [0.1, 0.15) is 6.92 Å². The summed E-state index contributed by atoms with van der Waals surface area (Å²) in [5.74, 6) is -0.620. The van der Waals surface area contributed by atoms with E-state index in [-0.39, 0.29) is 12.2 Å². The molecule has 0 rings (SSSR count). The summed E-state index contributed by atoms with van der Waals surface area (Å²) in [7, 11) is -0.0471. The monoisotopic (exact) mass is 303 g/mol. The number of quaternary nitrogens is 1. The molecule has 0 unspecified atom stereocenters. The van der Waals surface area contributed by atoms with E-state index in [0.29, 0.717) is 11.0 Å². The average molecular weight is 303 g/mol. The van der Waals surface area contributed by atoms with E-state index in [1.807, 2.05) is 21.1 Å². The molecular formula is C10H18F3N2O3S+. The number of hydrogen-bond donors (Lipinski definition) is 0. The summed E-state index contributed by atoms with van der Waals surface area (Å²) < 4.78 is 66.4. The van der Waals surface area contributed by atoms with Gasteiger partial charge in [0.1, 0.15) is 13.2 Å². The Hall–Kier alpha value is -1.09. The second-order valence-electron chi connectivity index (χ2n) is 4.96. The number of ether oxygens (including phenoxy) is 1. The Bertz CT molecular complexity index is 461. The van der Waals surface area contributed by atoms with Gasteiger partial charge in [0, 0.05) is 5.57 Å². The summed E-state index contributed by atoms with van der Waals surface area (Å²) in [5.41, 5.74) is -5.44. The van der Waals surface area contributed by atoms with Crippen molar-refractivity contribution in [2.24, 2.45) is 4.40 Å². The molecule has 0 heterocycles. The predicted octanol–water partition coefficient (Wildman–Crippen LogP) is 1.53. The van der Waals surface area contributed by atoms with Crippen molar-refractivity contribution in [3.63, 3.8) is 0 Å². The fourth-order valence-corrected chi connectivity index (χ4v) is 1.33. The molecule has 19 heavy (non-hydrogen) atoms. The van der Waals surface area contributed by atoms with Crippen LogP contribution in [-0.2, 0) is 14.8 Å². The Morgan fingerprint density at radius 2 is 1.79 bits per heavy atom. The standard InChI is InChI=1S/C10H18F3N2O3S/c1-8(2)9(18-7-6-15(3,4)5)14-19(16,17)10(11,12)13/h1,6-7H2,2-5H3/q+1. The molecule has 0 saturated carbocycles. The molecule has 0 aromatic carbocycles. The number of hydrogen-bond acceptors (Lipinski definition) is 3. The van der Waals surface area contributed by atoms with Crippen LogP contribution in [0, 0.1) is 0 Å². The van der Waals surface area contributed by atoms with Gasteiger partial charge < -0.3 is 9.22 Å². The van der Waals surface area contributed by atoms with E-state index in [1.54, 1.807) is 0 Å². The molecule has 0 aromatic heterocycles. The Labute approximate surface area is 111 Å². The summed E-state index contributed by atoms with van der Waals surface area (Å²) >= 11 is 0. The summed E-state index contributed by atoms with van der Waals surface area (Å²) in [5, 5.41) is 0. The van der Waals surface area contributed by atoms with E-state index in [9.17, 15) is 21.6 Å². The van der Waals surface area contributed by atoms with Gasteiger partial charge in [0.15, 0.2) is 0 Å². The lowest BCUT2D eigenvalue weighted by molar-refractivity contribution is -0.870. The third kappa shape index (κ3) is 6.58. The molecular weight excluding hydrogens is 285 g/mol. The van der Waals surface area contributed by atoms with Crippen LogP contribution in [0.15, 0.2) is 16.5 Å². The molecule has 0 spiro atoms. The zero-order valence-electron chi connectivity index (χ0n) is 11.3. The third-order valence-electron chi connectivity index (χ3n) is 1.86. The van der Waals surface area contributed by atoms with Gasteiger partial charge in [0.2, 0.25) is 5.90 Å². The van der Waals surface area contributed by atoms with Crippen molar-refractivity contribution in [2.75, 3.05) is 34.3 Å². The van der Waals surface area contributed by atoms with Gasteiger partial charge in [-0.1, -0.05) is 6.58 Å². The minimum Gasteiger partial charge on any atom is -0.471 e. The van der Waals surface area contributed by atoms with E-state index < -0.39 is 21.4 Å². The Balaban J connectivity index is 5.01.